The fourth-order valence-corrected chi connectivity index (χ4v) is 5.69. The van der Waals surface area contributed by atoms with Gasteiger partial charge in [0.25, 0.3) is 0 Å². The summed E-state index contributed by atoms with van der Waals surface area (Å²) in [5.41, 5.74) is 15.0. The molecule has 6 heteroatoms. The second kappa shape index (κ2) is 7.09. The molecule has 0 aliphatic heterocycles. The van der Waals surface area contributed by atoms with Crippen LogP contribution in [0.25, 0.3) is 5.57 Å². The van der Waals surface area contributed by atoms with Gasteiger partial charge in [-0.25, -0.2) is 0 Å². The van der Waals surface area contributed by atoms with Gasteiger partial charge in [-0.15, -0.1) is 0 Å². The highest BCUT2D eigenvalue weighted by atomic mass is 16.1. The minimum Gasteiger partial charge on any atom is -0.401 e. The van der Waals surface area contributed by atoms with Crippen molar-refractivity contribution in [1.82, 2.24) is 0 Å². The van der Waals surface area contributed by atoms with Gasteiger partial charge < -0.3 is 11.5 Å². The van der Waals surface area contributed by atoms with Gasteiger partial charge in [0.15, 0.2) is 23.1 Å². The van der Waals surface area contributed by atoms with E-state index < -0.39 is 23.7 Å². The molecule has 4 unspecified atom stereocenters. The Labute approximate surface area is 195 Å². The molecule has 0 heterocycles. The molecule has 0 radical (unpaired) electrons. The molecule has 0 amide bonds. The number of allylic oxidation sites excluding steroid dienone is 8. The Hall–Kier alpha value is -4.32. The minimum absolute atomic E-state index is 0.179. The highest BCUT2D eigenvalue weighted by Crippen LogP contribution is 2.47. The fraction of sp³-hybridized carbons (Fsp3) is 0.143. The summed E-state index contributed by atoms with van der Waals surface area (Å²) < 4.78 is 0. The number of anilines is 1. The summed E-state index contributed by atoms with van der Waals surface area (Å²) in [5.74, 6) is -3.89. The Morgan fingerprint density at radius 1 is 0.588 bits per heavy atom. The van der Waals surface area contributed by atoms with Crippen LogP contribution in [0.1, 0.15) is 47.0 Å². The molecule has 0 fully saturated rings. The van der Waals surface area contributed by atoms with E-state index in [1.165, 1.54) is 0 Å². The van der Waals surface area contributed by atoms with Gasteiger partial charge in [0.1, 0.15) is 0 Å². The molecular formula is C28H20N2O4. The third kappa shape index (κ3) is 2.56. The van der Waals surface area contributed by atoms with E-state index in [0.29, 0.717) is 28.0 Å². The number of carbonyl (C=O) groups is 4. The minimum atomic E-state index is -0.887. The van der Waals surface area contributed by atoms with Gasteiger partial charge in [-0.05, 0) is 23.3 Å². The number of benzene rings is 2. The van der Waals surface area contributed by atoms with Crippen LogP contribution in [0.4, 0.5) is 5.69 Å². The van der Waals surface area contributed by atoms with Gasteiger partial charge in [-0.1, -0.05) is 60.7 Å². The first-order valence-electron chi connectivity index (χ1n) is 11.1. The highest BCUT2D eigenvalue weighted by molar-refractivity contribution is 6.24. The molecule has 6 rings (SSSR count). The summed E-state index contributed by atoms with van der Waals surface area (Å²) in [6.45, 7) is 0. The van der Waals surface area contributed by atoms with Gasteiger partial charge in [0, 0.05) is 28.1 Å². The third-order valence-corrected chi connectivity index (χ3v) is 7.29. The van der Waals surface area contributed by atoms with Crippen LogP contribution in [-0.4, -0.2) is 23.1 Å². The molecule has 0 spiro atoms. The first-order valence-corrected chi connectivity index (χ1v) is 11.1. The smallest absolute Gasteiger partial charge is 0.173 e. The molecule has 34 heavy (non-hydrogen) atoms. The SMILES string of the molecule is NC1=CC=C(c2ccc(N)c3c2C(=O)C2C=CC=CC2C3=O)C2C(=O)c3ccccc3C(=O)C12. The highest BCUT2D eigenvalue weighted by Gasteiger charge is 2.48. The molecule has 4 atom stereocenters. The van der Waals surface area contributed by atoms with Crippen molar-refractivity contribution in [2.24, 2.45) is 29.4 Å². The predicted octanol–water partition coefficient (Wildman–Crippen LogP) is 3.56. The molecule has 2 aromatic rings. The maximum absolute atomic E-state index is 13.7. The summed E-state index contributed by atoms with van der Waals surface area (Å²) in [6, 6.07) is 9.95. The standard InChI is InChI=1S/C28H20N2O4/c29-19-11-9-13(21-23(19)27(33)17-7-3-1-5-15(17)25(21)31)14-10-12-20(30)24-22(14)26(32)16-6-2-4-8-18(16)28(24)34/h1-12,15,17,22,24H,29-30H2. The quantitative estimate of drug-likeness (QED) is 0.644. The lowest BCUT2D eigenvalue weighted by Crippen LogP contribution is -2.42. The monoisotopic (exact) mass is 448 g/mol. The van der Waals surface area contributed by atoms with Crippen molar-refractivity contribution >= 4 is 34.4 Å². The van der Waals surface area contributed by atoms with Crippen molar-refractivity contribution in [1.29, 1.82) is 0 Å². The van der Waals surface area contributed by atoms with E-state index in [2.05, 4.69) is 0 Å². The molecule has 0 bridgehead atoms. The summed E-state index contributed by atoms with van der Waals surface area (Å²) in [4.78, 5) is 54.1. The number of carbonyl (C=O) groups excluding carboxylic acids is 4. The normalized spacial score (nSPS) is 26.8. The van der Waals surface area contributed by atoms with E-state index in [9.17, 15) is 19.2 Å². The number of Topliss-reactive ketones (excluding diaryl/α,β-unsaturated/α-hetero) is 4. The molecule has 166 valence electrons. The summed E-state index contributed by atoms with van der Waals surface area (Å²) in [7, 11) is 0. The largest absolute Gasteiger partial charge is 0.401 e. The number of nitrogens with two attached hydrogens (primary N) is 2. The average molecular weight is 448 g/mol. The number of fused-ring (bicyclic) bond motifs is 4. The zero-order valence-corrected chi connectivity index (χ0v) is 18.0. The molecule has 0 aromatic heterocycles. The number of hydrogen-bond donors (Lipinski definition) is 2. The maximum atomic E-state index is 13.7. The molecule has 2 aromatic carbocycles. The first kappa shape index (κ1) is 20.3. The second-order valence-corrected chi connectivity index (χ2v) is 9.02. The fourth-order valence-electron chi connectivity index (χ4n) is 5.69. The summed E-state index contributed by atoms with van der Waals surface area (Å²) in [5, 5.41) is 0. The lowest BCUT2D eigenvalue weighted by atomic mass is 9.64. The van der Waals surface area contributed by atoms with E-state index in [1.807, 2.05) is 0 Å². The van der Waals surface area contributed by atoms with Crippen LogP contribution in [0.5, 0.6) is 0 Å². The van der Waals surface area contributed by atoms with Gasteiger partial charge in [0.05, 0.1) is 29.2 Å². The van der Waals surface area contributed by atoms with Gasteiger partial charge in [-0.3, -0.25) is 19.2 Å². The van der Waals surface area contributed by atoms with Crippen molar-refractivity contribution in [2.45, 2.75) is 0 Å². The van der Waals surface area contributed by atoms with Crippen LogP contribution in [0.2, 0.25) is 0 Å². The Morgan fingerprint density at radius 3 is 1.82 bits per heavy atom. The molecule has 0 saturated heterocycles. The van der Waals surface area contributed by atoms with E-state index in [4.69, 9.17) is 11.5 Å². The van der Waals surface area contributed by atoms with E-state index in [1.54, 1.807) is 72.9 Å². The van der Waals surface area contributed by atoms with Crippen molar-refractivity contribution in [3.63, 3.8) is 0 Å². The molecule has 6 nitrogen and oxygen atoms in total. The lowest BCUT2D eigenvalue weighted by Gasteiger charge is -2.37. The summed E-state index contributed by atoms with van der Waals surface area (Å²) in [6.07, 6.45) is 10.2. The number of nitrogen functional groups attached to an aromatic ring is 1. The van der Waals surface area contributed by atoms with Crippen molar-refractivity contribution in [3.05, 3.63) is 106 Å². The van der Waals surface area contributed by atoms with Crippen molar-refractivity contribution in [3.8, 4) is 0 Å². The zero-order valence-electron chi connectivity index (χ0n) is 18.0. The first-order chi connectivity index (χ1) is 16.4. The average Bonchev–Trinajstić information content (AvgIpc) is 2.86. The van der Waals surface area contributed by atoms with Crippen LogP contribution < -0.4 is 11.5 Å². The van der Waals surface area contributed by atoms with Gasteiger partial charge in [0.2, 0.25) is 0 Å². The van der Waals surface area contributed by atoms with Crippen LogP contribution in [0.15, 0.2) is 78.6 Å². The Kier molecular flexibility index (Phi) is 4.23. The van der Waals surface area contributed by atoms with Gasteiger partial charge in [-0.2, -0.15) is 0 Å². The topological polar surface area (TPSA) is 120 Å². The molecule has 4 N–H and O–H groups in total. The number of hydrogen-bond acceptors (Lipinski definition) is 6. The molecular weight excluding hydrogens is 428 g/mol. The maximum Gasteiger partial charge on any atom is 0.173 e. The summed E-state index contributed by atoms with van der Waals surface area (Å²) >= 11 is 0. The van der Waals surface area contributed by atoms with E-state index in [0.717, 1.165) is 0 Å². The second-order valence-electron chi connectivity index (χ2n) is 9.02. The number of rotatable bonds is 1. The lowest BCUT2D eigenvalue weighted by molar-refractivity contribution is 0.0795. The van der Waals surface area contributed by atoms with Crippen LogP contribution >= 0.6 is 0 Å². The van der Waals surface area contributed by atoms with Crippen LogP contribution in [0.3, 0.4) is 0 Å². The third-order valence-electron chi connectivity index (χ3n) is 7.29. The molecule has 4 aliphatic rings. The van der Waals surface area contributed by atoms with Crippen molar-refractivity contribution < 1.29 is 19.2 Å². The molecule has 4 aliphatic carbocycles. The van der Waals surface area contributed by atoms with Gasteiger partial charge >= 0.3 is 0 Å². The number of ketones is 4. The Morgan fingerprint density at radius 2 is 1.18 bits per heavy atom. The zero-order chi connectivity index (χ0) is 23.7. The Bertz CT molecular complexity index is 1470. The predicted molar refractivity (Wildman–Crippen MR) is 127 cm³/mol. The van der Waals surface area contributed by atoms with Crippen LogP contribution in [-0.2, 0) is 0 Å². The van der Waals surface area contributed by atoms with Crippen LogP contribution in [0, 0.1) is 23.7 Å². The Balaban J connectivity index is 1.58. The van der Waals surface area contributed by atoms with Crippen molar-refractivity contribution in [2.75, 3.05) is 5.73 Å². The molecule has 0 saturated carbocycles. The van der Waals surface area contributed by atoms with E-state index >= 15 is 0 Å². The van der Waals surface area contributed by atoms with E-state index in [-0.39, 0.29) is 39.9 Å².